The van der Waals surface area contributed by atoms with Crippen LogP contribution in [-0.4, -0.2) is 17.3 Å². The maximum Gasteiger partial charge on any atom is 0.155 e. The van der Waals surface area contributed by atoms with Crippen LogP contribution in [0.2, 0.25) is 5.15 Å². The van der Waals surface area contributed by atoms with Crippen molar-refractivity contribution in [2.75, 3.05) is 7.11 Å². The minimum atomic E-state index is 0.423. The van der Waals surface area contributed by atoms with Gasteiger partial charge in [-0.05, 0) is 30.2 Å². The zero-order chi connectivity index (χ0) is 16.2. The summed E-state index contributed by atoms with van der Waals surface area (Å²) in [7, 11) is 1.67. The van der Waals surface area contributed by atoms with Gasteiger partial charge in [0.15, 0.2) is 5.15 Å². The lowest BCUT2D eigenvalue weighted by Gasteiger charge is -2.10. The lowest BCUT2D eigenvalue weighted by molar-refractivity contribution is 0.410. The SMILES string of the molecule is COc1ccccc1Cc1cc(-c2ccc(C)cc2)nnc1Cl. The Morgan fingerprint density at radius 2 is 1.70 bits per heavy atom. The van der Waals surface area contributed by atoms with Crippen LogP contribution in [0.5, 0.6) is 5.75 Å². The summed E-state index contributed by atoms with van der Waals surface area (Å²) >= 11 is 6.24. The number of rotatable bonds is 4. The molecule has 0 aliphatic carbocycles. The second-order valence-electron chi connectivity index (χ2n) is 5.40. The topological polar surface area (TPSA) is 35.0 Å². The van der Waals surface area contributed by atoms with Crippen molar-refractivity contribution in [3.63, 3.8) is 0 Å². The van der Waals surface area contributed by atoms with Crippen molar-refractivity contribution >= 4 is 11.6 Å². The molecule has 2 aromatic carbocycles. The Labute approximate surface area is 140 Å². The molecule has 3 nitrogen and oxygen atoms in total. The molecule has 23 heavy (non-hydrogen) atoms. The van der Waals surface area contributed by atoms with E-state index in [0.717, 1.165) is 28.1 Å². The van der Waals surface area contributed by atoms with Gasteiger partial charge in [-0.1, -0.05) is 59.6 Å². The van der Waals surface area contributed by atoms with E-state index in [1.165, 1.54) is 5.56 Å². The predicted octanol–water partition coefficient (Wildman–Crippen LogP) is 4.70. The number of benzene rings is 2. The summed E-state index contributed by atoms with van der Waals surface area (Å²) in [4.78, 5) is 0. The number of ether oxygens (including phenoxy) is 1. The van der Waals surface area contributed by atoms with E-state index >= 15 is 0 Å². The molecule has 0 amide bonds. The van der Waals surface area contributed by atoms with Gasteiger partial charge >= 0.3 is 0 Å². The Morgan fingerprint density at radius 3 is 2.43 bits per heavy atom. The maximum atomic E-state index is 6.24. The molecule has 0 spiro atoms. The van der Waals surface area contributed by atoms with Gasteiger partial charge in [-0.2, -0.15) is 0 Å². The number of methoxy groups -OCH3 is 1. The van der Waals surface area contributed by atoms with E-state index in [1.54, 1.807) is 7.11 Å². The highest BCUT2D eigenvalue weighted by Gasteiger charge is 2.10. The second kappa shape index (κ2) is 6.80. The summed E-state index contributed by atoms with van der Waals surface area (Å²) in [6.07, 6.45) is 0.650. The van der Waals surface area contributed by atoms with E-state index in [1.807, 2.05) is 42.5 Å². The molecule has 0 aliphatic heterocycles. The summed E-state index contributed by atoms with van der Waals surface area (Å²) in [6, 6.07) is 18.1. The Balaban J connectivity index is 1.96. The van der Waals surface area contributed by atoms with E-state index in [2.05, 4.69) is 29.3 Å². The first-order valence-corrected chi connectivity index (χ1v) is 7.76. The summed E-state index contributed by atoms with van der Waals surface area (Å²) < 4.78 is 5.41. The monoisotopic (exact) mass is 324 g/mol. The average molecular weight is 325 g/mol. The largest absolute Gasteiger partial charge is 0.496 e. The van der Waals surface area contributed by atoms with Crippen molar-refractivity contribution in [2.45, 2.75) is 13.3 Å². The standard InChI is InChI=1S/C19H17ClN2O/c1-13-7-9-14(10-8-13)17-12-16(19(20)22-21-17)11-15-5-3-4-6-18(15)23-2/h3-10,12H,11H2,1-2H3. The predicted molar refractivity (Wildman–Crippen MR) is 93.0 cm³/mol. The minimum Gasteiger partial charge on any atom is -0.496 e. The van der Waals surface area contributed by atoms with Crippen molar-refractivity contribution in [1.29, 1.82) is 0 Å². The van der Waals surface area contributed by atoms with E-state index in [4.69, 9.17) is 16.3 Å². The van der Waals surface area contributed by atoms with Gasteiger partial charge in [-0.15, -0.1) is 10.2 Å². The third-order valence-electron chi connectivity index (χ3n) is 3.74. The maximum absolute atomic E-state index is 6.24. The zero-order valence-corrected chi connectivity index (χ0v) is 13.8. The van der Waals surface area contributed by atoms with Gasteiger partial charge in [0.25, 0.3) is 0 Å². The highest BCUT2D eigenvalue weighted by molar-refractivity contribution is 6.30. The Kier molecular flexibility index (Phi) is 4.58. The first kappa shape index (κ1) is 15.5. The third kappa shape index (κ3) is 3.51. The lowest BCUT2D eigenvalue weighted by Crippen LogP contribution is -1.98. The fourth-order valence-corrected chi connectivity index (χ4v) is 2.62. The number of aryl methyl sites for hydroxylation is 1. The van der Waals surface area contributed by atoms with Crippen LogP contribution >= 0.6 is 11.6 Å². The number of halogens is 1. The Hall–Kier alpha value is -2.39. The van der Waals surface area contributed by atoms with Crippen molar-refractivity contribution in [1.82, 2.24) is 10.2 Å². The molecule has 0 atom stereocenters. The molecule has 0 unspecified atom stereocenters. The molecule has 1 aromatic heterocycles. The van der Waals surface area contributed by atoms with Gasteiger partial charge in [0, 0.05) is 12.0 Å². The first-order valence-electron chi connectivity index (χ1n) is 7.38. The van der Waals surface area contributed by atoms with Crippen LogP contribution in [-0.2, 0) is 6.42 Å². The van der Waals surface area contributed by atoms with Crippen molar-refractivity contribution in [3.8, 4) is 17.0 Å². The highest BCUT2D eigenvalue weighted by atomic mass is 35.5. The molecule has 0 saturated heterocycles. The number of aromatic nitrogens is 2. The molecule has 0 saturated carbocycles. The molecule has 4 heteroatoms. The molecular formula is C19H17ClN2O. The van der Waals surface area contributed by atoms with Gasteiger partial charge in [0.2, 0.25) is 0 Å². The quantitative estimate of drug-likeness (QED) is 0.697. The van der Waals surface area contributed by atoms with E-state index in [9.17, 15) is 0 Å². The molecule has 3 aromatic rings. The normalized spacial score (nSPS) is 10.6. The van der Waals surface area contributed by atoms with Gasteiger partial charge in [0.1, 0.15) is 5.75 Å². The van der Waals surface area contributed by atoms with Crippen LogP contribution in [0.25, 0.3) is 11.3 Å². The molecule has 0 bridgehead atoms. The van der Waals surface area contributed by atoms with E-state index < -0.39 is 0 Å². The summed E-state index contributed by atoms with van der Waals surface area (Å²) in [5, 5.41) is 8.74. The first-order chi connectivity index (χ1) is 11.2. The van der Waals surface area contributed by atoms with Crippen LogP contribution in [0.1, 0.15) is 16.7 Å². The summed E-state index contributed by atoms with van der Waals surface area (Å²) in [5.74, 6) is 0.845. The molecule has 0 fully saturated rings. The number of para-hydroxylation sites is 1. The lowest BCUT2D eigenvalue weighted by atomic mass is 10.0. The van der Waals surface area contributed by atoms with Crippen molar-refractivity contribution < 1.29 is 4.74 Å². The van der Waals surface area contributed by atoms with Crippen LogP contribution in [0.15, 0.2) is 54.6 Å². The molecule has 0 N–H and O–H groups in total. The number of hydrogen-bond donors (Lipinski definition) is 0. The van der Waals surface area contributed by atoms with Crippen LogP contribution in [0.3, 0.4) is 0 Å². The number of nitrogens with zero attached hydrogens (tertiary/aromatic N) is 2. The molecule has 116 valence electrons. The van der Waals surface area contributed by atoms with Gasteiger partial charge < -0.3 is 4.74 Å². The van der Waals surface area contributed by atoms with Crippen LogP contribution < -0.4 is 4.74 Å². The molecule has 3 rings (SSSR count). The minimum absolute atomic E-state index is 0.423. The van der Waals surface area contributed by atoms with E-state index in [0.29, 0.717) is 11.6 Å². The van der Waals surface area contributed by atoms with Gasteiger partial charge in [-0.3, -0.25) is 0 Å². The van der Waals surface area contributed by atoms with Crippen LogP contribution in [0.4, 0.5) is 0 Å². The highest BCUT2D eigenvalue weighted by Crippen LogP contribution is 2.26. The Bertz CT molecular complexity index is 816. The molecule has 1 heterocycles. The Morgan fingerprint density at radius 1 is 0.957 bits per heavy atom. The fourth-order valence-electron chi connectivity index (χ4n) is 2.46. The average Bonchev–Trinajstić information content (AvgIpc) is 2.58. The van der Waals surface area contributed by atoms with Crippen molar-refractivity contribution in [3.05, 3.63) is 76.4 Å². The third-order valence-corrected chi connectivity index (χ3v) is 4.06. The second-order valence-corrected chi connectivity index (χ2v) is 5.76. The molecular weight excluding hydrogens is 308 g/mol. The van der Waals surface area contributed by atoms with Gasteiger partial charge in [0.05, 0.1) is 12.8 Å². The summed E-state index contributed by atoms with van der Waals surface area (Å²) in [5.41, 5.74) is 5.06. The molecule has 0 aliphatic rings. The van der Waals surface area contributed by atoms with Crippen molar-refractivity contribution in [2.24, 2.45) is 0 Å². The zero-order valence-electron chi connectivity index (χ0n) is 13.1. The fraction of sp³-hybridized carbons (Fsp3) is 0.158. The van der Waals surface area contributed by atoms with Crippen LogP contribution in [0, 0.1) is 6.92 Å². The van der Waals surface area contributed by atoms with E-state index in [-0.39, 0.29) is 0 Å². The summed E-state index contributed by atoms with van der Waals surface area (Å²) in [6.45, 7) is 2.06. The van der Waals surface area contributed by atoms with Gasteiger partial charge in [-0.25, -0.2) is 0 Å². The smallest absolute Gasteiger partial charge is 0.155 e. The molecule has 0 radical (unpaired) electrons. The number of hydrogen-bond acceptors (Lipinski definition) is 3.